The normalized spacial score (nSPS) is 28.0. The molecule has 0 spiro atoms. The van der Waals surface area contributed by atoms with Crippen molar-refractivity contribution in [1.82, 2.24) is 23.9 Å². The van der Waals surface area contributed by atoms with Crippen molar-refractivity contribution in [3.05, 3.63) is 48.0 Å². The van der Waals surface area contributed by atoms with Crippen molar-refractivity contribution < 1.29 is 14.3 Å². The largest absolute Gasteiger partial charge is 0.494 e. The molecule has 0 bridgehead atoms. The fourth-order valence-electron chi connectivity index (χ4n) is 8.73. The van der Waals surface area contributed by atoms with Gasteiger partial charge in [-0.3, -0.25) is 9.59 Å². The number of para-hydroxylation sites is 1. The van der Waals surface area contributed by atoms with Crippen molar-refractivity contribution in [2.45, 2.75) is 51.2 Å². The van der Waals surface area contributed by atoms with E-state index in [0.29, 0.717) is 42.2 Å². The van der Waals surface area contributed by atoms with Gasteiger partial charge in [0.25, 0.3) is 5.91 Å². The van der Waals surface area contributed by atoms with Crippen LogP contribution in [0.5, 0.6) is 5.75 Å². The van der Waals surface area contributed by atoms with Crippen LogP contribution in [0.4, 0.5) is 0 Å². The third kappa shape index (κ3) is 3.56. The summed E-state index contributed by atoms with van der Waals surface area (Å²) < 4.78 is 10.7. The van der Waals surface area contributed by atoms with E-state index >= 15 is 0 Å². The first-order valence-electron chi connectivity index (χ1n) is 15.7. The van der Waals surface area contributed by atoms with Crippen LogP contribution < -0.4 is 4.74 Å². The molecule has 4 unspecified atom stereocenters. The second-order valence-corrected chi connectivity index (χ2v) is 13.7. The monoisotopic (exact) mass is 563 g/mol. The molecule has 9 rings (SSSR count). The van der Waals surface area contributed by atoms with E-state index < -0.39 is 0 Å². The Bertz CT molecular complexity index is 1780. The van der Waals surface area contributed by atoms with Crippen LogP contribution in [-0.2, 0) is 17.9 Å². The van der Waals surface area contributed by atoms with Gasteiger partial charge in [0.1, 0.15) is 11.3 Å². The number of methoxy groups -OCH3 is 1. The maximum Gasteiger partial charge on any atom is 0.254 e. The van der Waals surface area contributed by atoms with Gasteiger partial charge in [0, 0.05) is 68.1 Å². The minimum Gasteiger partial charge on any atom is -0.494 e. The van der Waals surface area contributed by atoms with Crippen LogP contribution in [0.15, 0.2) is 42.5 Å². The van der Waals surface area contributed by atoms with Gasteiger partial charge < -0.3 is 23.7 Å². The highest BCUT2D eigenvalue weighted by Crippen LogP contribution is 2.60. The molecule has 0 radical (unpaired) electrons. The van der Waals surface area contributed by atoms with Crippen molar-refractivity contribution in [2.75, 3.05) is 27.2 Å². The van der Waals surface area contributed by atoms with Crippen molar-refractivity contribution >= 4 is 33.8 Å². The van der Waals surface area contributed by atoms with Crippen molar-refractivity contribution in [3.63, 3.8) is 0 Å². The summed E-state index contributed by atoms with van der Waals surface area (Å²) >= 11 is 0. The summed E-state index contributed by atoms with van der Waals surface area (Å²) in [5, 5.41) is 1.20. The van der Waals surface area contributed by atoms with E-state index in [4.69, 9.17) is 9.72 Å². The minimum atomic E-state index is 0.106. The van der Waals surface area contributed by atoms with E-state index in [1.165, 1.54) is 30.2 Å². The average molecular weight is 564 g/mol. The molecule has 5 aliphatic rings. The fraction of sp³-hybridized carbons (Fsp3) is 0.500. The second kappa shape index (κ2) is 8.85. The fourth-order valence-corrected chi connectivity index (χ4v) is 8.73. The molecule has 42 heavy (non-hydrogen) atoms. The Hall–Kier alpha value is -3.81. The molecular formula is C34H37N5O3. The molecule has 2 aromatic heterocycles. The number of ether oxygens (including phenoxy) is 1. The van der Waals surface area contributed by atoms with E-state index in [9.17, 15) is 9.59 Å². The van der Waals surface area contributed by atoms with Gasteiger partial charge in [-0.15, -0.1) is 0 Å². The highest BCUT2D eigenvalue weighted by molar-refractivity contribution is 6.00. The lowest BCUT2D eigenvalue weighted by Crippen LogP contribution is -2.53. The lowest BCUT2D eigenvalue weighted by atomic mass is 9.53. The highest BCUT2D eigenvalue weighted by atomic mass is 16.5. The zero-order chi connectivity index (χ0) is 28.3. The van der Waals surface area contributed by atoms with Crippen LogP contribution in [0.2, 0.25) is 0 Å². The van der Waals surface area contributed by atoms with E-state index in [1.54, 1.807) is 7.11 Å². The van der Waals surface area contributed by atoms with Gasteiger partial charge in [0.15, 0.2) is 5.82 Å². The van der Waals surface area contributed by atoms with Crippen LogP contribution in [0, 0.1) is 29.6 Å². The number of carbonyl (C=O) groups excluding carboxylic acids is 2. The molecule has 216 valence electrons. The zero-order valence-corrected chi connectivity index (χ0v) is 24.3. The van der Waals surface area contributed by atoms with Crippen molar-refractivity contribution in [1.29, 1.82) is 0 Å². The SMILES string of the molecule is COc1cc(C(=O)N2CC3CC4CC2[C@H]43)cc2nc(-c3cc4ccccc4n3CC3CC3)n(CC3CC(=O)N(C)C3)c12. The standard InChI is InChI=1S/C34H37N5O3/c1-36-15-20(9-30(36)40)17-39-32-25(35-33(39)28-12-21-5-3-4-6-26(21)37(28)16-19-7-8-19)11-23(14-29(32)42-2)34(41)38-18-24-10-22-13-27(38)31(22)24/h3-6,11-12,14,19-20,22,24,27,31H,7-10,13,15-18H2,1-2H3/t20?,22?,24?,27?,31-/m1/s1. The topological polar surface area (TPSA) is 72.6 Å². The third-order valence-electron chi connectivity index (χ3n) is 11.1. The van der Waals surface area contributed by atoms with Crippen molar-refractivity contribution in [2.24, 2.45) is 29.6 Å². The van der Waals surface area contributed by atoms with Crippen LogP contribution >= 0.6 is 0 Å². The van der Waals surface area contributed by atoms with Crippen molar-refractivity contribution in [3.8, 4) is 17.3 Å². The summed E-state index contributed by atoms with van der Waals surface area (Å²) in [6, 6.07) is 15.1. The van der Waals surface area contributed by atoms with Gasteiger partial charge >= 0.3 is 0 Å². The zero-order valence-electron chi connectivity index (χ0n) is 24.3. The summed E-state index contributed by atoms with van der Waals surface area (Å²) in [5.74, 6) is 4.98. The van der Waals surface area contributed by atoms with Gasteiger partial charge in [-0.1, -0.05) is 18.2 Å². The van der Waals surface area contributed by atoms with Crippen LogP contribution in [0.25, 0.3) is 33.5 Å². The Balaban J connectivity index is 1.20. The first-order valence-corrected chi connectivity index (χ1v) is 15.7. The summed E-state index contributed by atoms with van der Waals surface area (Å²) in [7, 11) is 3.57. The number of likely N-dealkylation sites (tertiary alicyclic amines) is 2. The molecule has 4 aromatic rings. The summed E-state index contributed by atoms with van der Waals surface area (Å²) in [5.41, 5.74) is 4.65. The number of carbonyl (C=O) groups is 2. The lowest BCUT2D eigenvalue weighted by molar-refractivity contribution is -0.126. The Morgan fingerprint density at radius 3 is 2.57 bits per heavy atom. The molecule has 2 aromatic carbocycles. The van der Waals surface area contributed by atoms with E-state index in [1.807, 2.05) is 24.1 Å². The molecule has 5 atom stereocenters. The minimum absolute atomic E-state index is 0.106. The number of hydrogen-bond acceptors (Lipinski definition) is 4. The van der Waals surface area contributed by atoms with Gasteiger partial charge in [-0.2, -0.15) is 0 Å². The highest BCUT2D eigenvalue weighted by Gasteiger charge is 2.61. The number of benzene rings is 2. The number of hydrogen-bond donors (Lipinski definition) is 0. The van der Waals surface area contributed by atoms with E-state index in [0.717, 1.165) is 60.4 Å². The number of amides is 2. The van der Waals surface area contributed by atoms with Gasteiger partial charge in [-0.25, -0.2) is 4.98 Å². The first-order chi connectivity index (χ1) is 20.5. The molecule has 2 amide bonds. The number of fused-ring (bicyclic) bond motifs is 2. The summed E-state index contributed by atoms with van der Waals surface area (Å²) in [6.07, 6.45) is 5.50. The maximum atomic E-state index is 13.9. The molecule has 3 aliphatic carbocycles. The number of imidazole rings is 1. The Kier molecular flexibility index (Phi) is 5.22. The van der Waals surface area contributed by atoms with Crippen LogP contribution in [0.3, 0.4) is 0 Å². The molecule has 2 saturated heterocycles. The van der Waals surface area contributed by atoms with Crippen LogP contribution in [-0.4, -0.2) is 69.0 Å². The van der Waals surface area contributed by atoms with E-state index in [2.05, 4.69) is 44.4 Å². The number of rotatable bonds is 7. The quantitative estimate of drug-likeness (QED) is 0.316. The maximum absolute atomic E-state index is 13.9. The van der Waals surface area contributed by atoms with E-state index in [-0.39, 0.29) is 17.7 Å². The molecule has 2 aliphatic heterocycles. The predicted octanol–water partition coefficient (Wildman–Crippen LogP) is 5.04. The first kappa shape index (κ1) is 24.8. The molecule has 8 nitrogen and oxygen atoms in total. The smallest absolute Gasteiger partial charge is 0.254 e. The average Bonchev–Trinajstić information content (AvgIpc) is 3.51. The predicted molar refractivity (Wildman–Crippen MR) is 160 cm³/mol. The van der Waals surface area contributed by atoms with Gasteiger partial charge in [0.05, 0.1) is 18.3 Å². The Morgan fingerprint density at radius 1 is 1.00 bits per heavy atom. The summed E-state index contributed by atoms with van der Waals surface area (Å²) in [6.45, 7) is 3.24. The van der Waals surface area contributed by atoms with Gasteiger partial charge in [0.2, 0.25) is 5.91 Å². The molecule has 4 heterocycles. The second-order valence-electron chi connectivity index (χ2n) is 13.7. The summed E-state index contributed by atoms with van der Waals surface area (Å²) in [4.78, 5) is 35.7. The third-order valence-corrected chi connectivity index (χ3v) is 11.1. The molecule has 0 N–H and O–H groups in total. The Labute approximate surface area is 245 Å². The lowest BCUT2D eigenvalue weighted by Gasteiger charge is -2.52. The Morgan fingerprint density at radius 2 is 1.83 bits per heavy atom. The molecule has 5 fully saturated rings. The molecular weight excluding hydrogens is 526 g/mol. The number of nitrogens with zero attached hydrogens (tertiary/aromatic N) is 5. The molecule has 8 heteroatoms. The van der Waals surface area contributed by atoms with Crippen LogP contribution in [0.1, 0.15) is 42.5 Å². The number of aromatic nitrogens is 3. The molecule has 3 saturated carbocycles. The van der Waals surface area contributed by atoms with Gasteiger partial charge in [-0.05, 0) is 73.6 Å².